The SMILES string of the molecule is O=C(CN1CCCC1=O)NCCOC1CCNCC1. The minimum atomic E-state index is -0.0934. The zero-order chi connectivity index (χ0) is 13.5. The Balaban J connectivity index is 1.52. The highest BCUT2D eigenvalue weighted by atomic mass is 16.5. The number of nitrogens with zero attached hydrogens (tertiary/aromatic N) is 1. The zero-order valence-electron chi connectivity index (χ0n) is 11.3. The molecule has 6 heteroatoms. The molecule has 2 amide bonds. The van der Waals surface area contributed by atoms with Crippen LogP contribution in [0.1, 0.15) is 25.7 Å². The fourth-order valence-corrected chi connectivity index (χ4v) is 2.48. The molecule has 2 saturated heterocycles. The zero-order valence-corrected chi connectivity index (χ0v) is 11.3. The molecule has 0 aromatic carbocycles. The molecule has 0 bridgehead atoms. The molecule has 19 heavy (non-hydrogen) atoms. The summed E-state index contributed by atoms with van der Waals surface area (Å²) in [5.41, 5.74) is 0. The smallest absolute Gasteiger partial charge is 0.239 e. The van der Waals surface area contributed by atoms with Gasteiger partial charge in [-0.15, -0.1) is 0 Å². The van der Waals surface area contributed by atoms with Gasteiger partial charge in [0.1, 0.15) is 0 Å². The van der Waals surface area contributed by atoms with E-state index in [1.54, 1.807) is 4.90 Å². The van der Waals surface area contributed by atoms with Crippen LogP contribution in [0.15, 0.2) is 0 Å². The van der Waals surface area contributed by atoms with Crippen LogP contribution in [0.2, 0.25) is 0 Å². The van der Waals surface area contributed by atoms with Crippen molar-refractivity contribution in [3.05, 3.63) is 0 Å². The van der Waals surface area contributed by atoms with Crippen LogP contribution in [0.25, 0.3) is 0 Å². The van der Waals surface area contributed by atoms with Gasteiger partial charge < -0.3 is 20.3 Å². The van der Waals surface area contributed by atoms with Crippen LogP contribution in [-0.2, 0) is 14.3 Å². The summed E-state index contributed by atoms with van der Waals surface area (Å²) in [6.45, 7) is 3.97. The van der Waals surface area contributed by atoms with Crippen molar-refractivity contribution in [2.24, 2.45) is 0 Å². The van der Waals surface area contributed by atoms with Gasteiger partial charge in [0.2, 0.25) is 11.8 Å². The van der Waals surface area contributed by atoms with Crippen molar-refractivity contribution in [2.75, 3.05) is 39.3 Å². The monoisotopic (exact) mass is 269 g/mol. The Morgan fingerprint density at radius 2 is 2.21 bits per heavy atom. The van der Waals surface area contributed by atoms with Crippen LogP contribution in [0.4, 0.5) is 0 Å². The highest BCUT2D eigenvalue weighted by molar-refractivity contribution is 5.85. The molecule has 6 nitrogen and oxygen atoms in total. The molecule has 0 aliphatic carbocycles. The Hall–Kier alpha value is -1.14. The van der Waals surface area contributed by atoms with Gasteiger partial charge in [0.15, 0.2) is 0 Å². The van der Waals surface area contributed by atoms with Crippen LogP contribution in [-0.4, -0.2) is 62.1 Å². The first-order valence-corrected chi connectivity index (χ1v) is 7.12. The Bertz CT molecular complexity index is 316. The number of ether oxygens (including phenoxy) is 1. The second-order valence-electron chi connectivity index (χ2n) is 5.09. The lowest BCUT2D eigenvalue weighted by Crippen LogP contribution is -2.39. The molecule has 2 fully saturated rings. The summed E-state index contributed by atoms with van der Waals surface area (Å²) in [5, 5.41) is 6.08. The Morgan fingerprint density at radius 3 is 2.89 bits per heavy atom. The van der Waals surface area contributed by atoms with Crippen LogP contribution in [0.5, 0.6) is 0 Å². The lowest BCUT2D eigenvalue weighted by Gasteiger charge is -2.23. The number of amides is 2. The number of carbonyl (C=O) groups is 2. The summed E-state index contributed by atoms with van der Waals surface area (Å²) < 4.78 is 5.69. The van der Waals surface area contributed by atoms with Crippen LogP contribution in [0.3, 0.4) is 0 Å². The second-order valence-corrected chi connectivity index (χ2v) is 5.09. The number of hydrogen-bond acceptors (Lipinski definition) is 4. The van der Waals surface area contributed by atoms with Gasteiger partial charge in [-0.25, -0.2) is 0 Å². The van der Waals surface area contributed by atoms with Crippen molar-refractivity contribution >= 4 is 11.8 Å². The third-order valence-corrected chi connectivity index (χ3v) is 3.57. The van der Waals surface area contributed by atoms with Gasteiger partial charge in [0.05, 0.1) is 19.3 Å². The number of piperidine rings is 1. The number of rotatable bonds is 6. The van der Waals surface area contributed by atoms with E-state index in [4.69, 9.17) is 4.74 Å². The van der Waals surface area contributed by atoms with Gasteiger partial charge in [0.25, 0.3) is 0 Å². The summed E-state index contributed by atoms with van der Waals surface area (Å²) in [5.74, 6) is -0.00901. The largest absolute Gasteiger partial charge is 0.376 e. The summed E-state index contributed by atoms with van der Waals surface area (Å²) in [6, 6.07) is 0. The predicted molar refractivity (Wildman–Crippen MR) is 70.7 cm³/mol. The first-order chi connectivity index (χ1) is 9.25. The molecule has 0 unspecified atom stereocenters. The van der Waals surface area contributed by atoms with E-state index in [2.05, 4.69) is 10.6 Å². The highest BCUT2D eigenvalue weighted by Gasteiger charge is 2.22. The van der Waals surface area contributed by atoms with Crippen LogP contribution < -0.4 is 10.6 Å². The molecule has 108 valence electrons. The van der Waals surface area contributed by atoms with Crippen molar-refractivity contribution in [3.8, 4) is 0 Å². The van der Waals surface area contributed by atoms with Gasteiger partial charge in [-0.3, -0.25) is 9.59 Å². The molecule has 0 aromatic rings. The summed E-state index contributed by atoms with van der Waals surface area (Å²) >= 11 is 0. The quantitative estimate of drug-likeness (QED) is 0.637. The highest BCUT2D eigenvalue weighted by Crippen LogP contribution is 2.08. The van der Waals surface area contributed by atoms with Crippen molar-refractivity contribution in [2.45, 2.75) is 31.8 Å². The van der Waals surface area contributed by atoms with E-state index < -0.39 is 0 Å². The molecule has 0 saturated carbocycles. The number of hydrogen-bond donors (Lipinski definition) is 2. The molecule has 0 spiro atoms. The summed E-state index contributed by atoms with van der Waals surface area (Å²) in [7, 11) is 0. The van der Waals surface area contributed by atoms with E-state index in [0.29, 0.717) is 32.2 Å². The maximum atomic E-state index is 11.6. The number of nitrogens with one attached hydrogen (secondary N) is 2. The fraction of sp³-hybridized carbons (Fsp3) is 0.846. The molecule has 2 heterocycles. The van der Waals surface area contributed by atoms with Gasteiger partial charge >= 0.3 is 0 Å². The van der Waals surface area contributed by atoms with Gasteiger partial charge in [-0.1, -0.05) is 0 Å². The van der Waals surface area contributed by atoms with E-state index in [1.165, 1.54) is 0 Å². The molecule has 0 radical (unpaired) electrons. The minimum Gasteiger partial charge on any atom is -0.376 e. The van der Waals surface area contributed by atoms with Crippen LogP contribution in [0, 0.1) is 0 Å². The fourth-order valence-electron chi connectivity index (χ4n) is 2.48. The first kappa shape index (κ1) is 14.3. The average Bonchev–Trinajstić information content (AvgIpc) is 2.82. The van der Waals surface area contributed by atoms with Crippen molar-refractivity contribution < 1.29 is 14.3 Å². The molecular weight excluding hydrogens is 246 g/mol. The van der Waals surface area contributed by atoms with E-state index in [0.717, 1.165) is 32.4 Å². The molecule has 2 aliphatic rings. The maximum Gasteiger partial charge on any atom is 0.239 e. The van der Waals surface area contributed by atoms with Crippen molar-refractivity contribution in [1.29, 1.82) is 0 Å². The first-order valence-electron chi connectivity index (χ1n) is 7.12. The topological polar surface area (TPSA) is 70.7 Å². The molecule has 0 aromatic heterocycles. The second kappa shape index (κ2) is 7.45. The summed E-state index contributed by atoms with van der Waals surface area (Å²) in [6.07, 6.45) is 3.84. The molecule has 2 aliphatic heterocycles. The Labute approximate surface area is 113 Å². The predicted octanol–water partition coefficient (Wildman–Crippen LogP) is -0.506. The number of likely N-dealkylation sites (tertiary alicyclic amines) is 1. The molecule has 2 N–H and O–H groups in total. The van der Waals surface area contributed by atoms with Crippen molar-refractivity contribution in [3.63, 3.8) is 0 Å². The third-order valence-electron chi connectivity index (χ3n) is 3.57. The standard InChI is InChI=1S/C13H23N3O3/c17-12(10-16-8-1-2-13(16)18)15-7-9-19-11-3-5-14-6-4-11/h11,14H,1-10H2,(H,15,17). The number of carbonyl (C=O) groups excluding carboxylic acids is 2. The van der Waals surface area contributed by atoms with E-state index in [-0.39, 0.29) is 18.4 Å². The minimum absolute atomic E-state index is 0.0844. The van der Waals surface area contributed by atoms with E-state index >= 15 is 0 Å². The lowest BCUT2D eigenvalue weighted by molar-refractivity contribution is -0.133. The van der Waals surface area contributed by atoms with E-state index in [9.17, 15) is 9.59 Å². The van der Waals surface area contributed by atoms with Crippen molar-refractivity contribution in [1.82, 2.24) is 15.5 Å². The third kappa shape index (κ3) is 4.80. The van der Waals surface area contributed by atoms with Gasteiger partial charge in [-0.2, -0.15) is 0 Å². The Morgan fingerprint density at radius 1 is 1.42 bits per heavy atom. The molecular formula is C13H23N3O3. The lowest BCUT2D eigenvalue weighted by atomic mass is 10.1. The summed E-state index contributed by atoms with van der Waals surface area (Å²) in [4.78, 5) is 24.6. The van der Waals surface area contributed by atoms with Gasteiger partial charge in [-0.05, 0) is 32.4 Å². The van der Waals surface area contributed by atoms with Gasteiger partial charge in [0, 0.05) is 19.5 Å². The Kier molecular flexibility index (Phi) is 5.60. The normalized spacial score (nSPS) is 20.8. The molecule has 2 rings (SSSR count). The van der Waals surface area contributed by atoms with Crippen LogP contribution >= 0.6 is 0 Å². The van der Waals surface area contributed by atoms with E-state index in [1.807, 2.05) is 0 Å². The molecule has 0 atom stereocenters. The average molecular weight is 269 g/mol. The maximum absolute atomic E-state index is 11.6.